The molecule has 0 aromatic heterocycles. The molecule has 0 aromatic carbocycles. The maximum Gasteiger partial charge on any atom is 0.518 e. The monoisotopic (exact) mass is 290 g/mol. The summed E-state index contributed by atoms with van der Waals surface area (Å²) < 4.78 is 16.7. The van der Waals surface area contributed by atoms with Crippen LogP contribution < -0.4 is 5.73 Å². The molecule has 0 saturated carbocycles. The average Bonchev–Trinajstić information content (AvgIpc) is 2.45. The van der Waals surface area contributed by atoms with Gasteiger partial charge in [0.15, 0.2) is 0 Å². The summed E-state index contributed by atoms with van der Waals surface area (Å²) >= 11 is 0. The Labute approximate surface area is 116 Å². The first kappa shape index (κ1) is 16.6. The van der Waals surface area contributed by atoms with E-state index in [4.69, 9.17) is 19.0 Å². The molecule has 7 heteroatoms. The van der Waals surface area contributed by atoms with E-state index in [1.165, 1.54) is 0 Å². The van der Waals surface area contributed by atoms with Gasteiger partial charge in [0.05, 0.1) is 11.6 Å². The molecule has 0 aromatic rings. The van der Waals surface area contributed by atoms with Gasteiger partial charge in [0.25, 0.3) is 0 Å². The Kier molecular flexibility index (Phi) is 6.41. The Morgan fingerprint density at radius 1 is 1.37 bits per heavy atom. The molecule has 0 radical (unpaired) electrons. The highest BCUT2D eigenvalue weighted by molar-refractivity contribution is 6.62. The van der Waals surface area contributed by atoms with Gasteiger partial charge in [-0.2, -0.15) is 0 Å². The summed E-state index contributed by atoms with van der Waals surface area (Å²) in [5, 5.41) is 0. The Balaban J connectivity index is 2.86. The van der Waals surface area contributed by atoms with Crippen molar-refractivity contribution in [3.05, 3.63) is 0 Å². The molecule has 2 N–H and O–H groups in total. The molecule has 112 valence electrons. The van der Waals surface area contributed by atoms with Crippen LogP contribution in [-0.2, 0) is 18.1 Å². The number of primary amides is 1. The molecule has 1 saturated heterocycles. The summed E-state index contributed by atoms with van der Waals surface area (Å²) in [6, 6.07) is 0. The van der Waals surface area contributed by atoms with Crippen LogP contribution in [0.1, 0.15) is 26.2 Å². The van der Waals surface area contributed by atoms with Crippen LogP contribution in [0.4, 0.5) is 0 Å². The highest BCUT2D eigenvalue weighted by Crippen LogP contribution is 2.26. The highest BCUT2D eigenvalue weighted by Gasteiger charge is 2.50. The van der Waals surface area contributed by atoms with E-state index < -0.39 is 8.80 Å². The Morgan fingerprint density at radius 2 is 1.95 bits per heavy atom. The summed E-state index contributed by atoms with van der Waals surface area (Å²) in [6.45, 7) is 3.67. The number of rotatable bonds is 7. The van der Waals surface area contributed by atoms with Crippen molar-refractivity contribution in [3.63, 3.8) is 0 Å². The number of hydrogen-bond donors (Lipinski definition) is 1. The summed E-state index contributed by atoms with van der Waals surface area (Å²) in [7, 11) is 2.14. The fraction of sp³-hybridized carbons (Fsp3) is 0.917. The van der Waals surface area contributed by atoms with Gasteiger partial charge in [-0.25, -0.2) is 0 Å². The van der Waals surface area contributed by atoms with Crippen LogP contribution in [0, 0.1) is 5.92 Å². The number of carbonyl (C=O) groups is 1. The minimum atomic E-state index is -2.72. The van der Waals surface area contributed by atoms with Gasteiger partial charge in [0, 0.05) is 27.9 Å². The van der Waals surface area contributed by atoms with Crippen molar-refractivity contribution in [2.75, 3.05) is 34.4 Å². The molecular weight excluding hydrogens is 264 g/mol. The van der Waals surface area contributed by atoms with Gasteiger partial charge in [-0.3, -0.25) is 9.69 Å². The maximum absolute atomic E-state index is 11.4. The number of piperidine rings is 1. The van der Waals surface area contributed by atoms with Crippen LogP contribution in [0.2, 0.25) is 0 Å². The predicted octanol–water partition coefficient (Wildman–Crippen LogP) is 0.380. The number of nitrogens with two attached hydrogens (primary N) is 1. The zero-order valence-electron chi connectivity index (χ0n) is 12.3. The third-order valence-corrected chi connectivity index (χ3v) is 7.24. The van der Waals surface area contributed by atoms with E-state index in [0.717, 1.165) is 25.8 Å². The first-order valence-corrected chi connectivity index (χ1v) is 8.53. The lowest BCUT2D eigenvalue weighted by atomic mass is 9.97. The third-order valence-electron chi connectivity index (χ3n) is 3.94. The van der Waals surface area contributed by atoms with E-state index in [-0.39, 0.29) is 17.5 Å². The first-order chi connectivity index (χ1) is 9.04. The Bertz CT molecular complexity index is 291. The molecule has 1 fully saturated rings. The lowest BCUT2D eigenvalue weighted by molar-refractivity contribution is -0.123. The van der Waals surface area contributed by atoms with Crippen LogP contribution in [-0.4, -0.2) is 59.7 Å². The molecule has 0 aliphatic carbocycles. The van der Waals surface area contributed by atoms with Crippen LogP contribution in [0.25, 0.3) is 0 Å². The van der Waals surface area contributed by atoms with E-state index in [1.807, 2.05) is 0 Å². The molecule has 1 aliphatic heterocycles. The molecule has 2 unspecified atom stereocenters. The van der Waals surface area contributed by atoms with E-state index in [0.29, 0.717) is 6.54 Å². The summed E-state index contributed by atoms with van der Waals surface area (Å²) in [5.74, 6) is -0.306. The summed E-state index contributed by atoms with van der Waals surface area (Å²) in [5.41, 5.74) is 5.49. The normalized spacial score (nSPS) is 23.3. The van der Waals surface area contributed by atoms with Crippen molar-refractivity contribution < 1.29 is 18.1 Å². The van der Waals surface area contributed by atoms with E-state index in [9.17, 15) is 4.79 Å². The van der Waals surface area contributed by atoms with Crippen molar-refractivity contribution in [2.45, 2.75) is 31.9 Å². The maximum atomic E-state index is 11.4. The fourth-order valence-electron chi connectivity index (χ4n) is 2.91. The molecule has 6 nitrogen and oxygen atoms in total. The largest absolute Gasteiger partial charge is 0.518 e. The van der Waals surface area contributed by atoms with E-state index >= 15 is 0 Å². The molecule has 0 bridgehead atoms. The first-order valence-electron chi connectivity index (χ1n) is 6.73. The third kappa shape index (κ3) is 3.54. The number of nitrogens with zero attached hydrogens (tertiary/aromatic N) is 1. The molecular formula is C12H26N2O4Si. The minimum absolute atomic E-state index is 0.0645. The van der Waals surface area contributed by atoms with Crippen molar-refractivity contribution in [1.29, 1.82) is 0 Å². The molecule has 1 aliphatic rings. The van der Waals surface area contributed by atoms with Crippen molar-refractivity contribution in [3.8, 4) is 0 Å². The quantitative estimate of drug-likeness (QED) is 0.686. The van der Waals surface area contributed by atoms with E-state index in [1.54, 1.807) is 21.3 Å². The second-order valence-electron chi connectivity index (χ2n) is 4.88. The van der Waals surface area contributed by atoms with Gasteiger partial charge in [0.1, 0.15) is 0 Å². The summed E-state index contributed by atoms with van der Waals surface area (Å²) in [4.78, 5) is 13.6. The predicted molar refractivity (Wildman–Crippen MR) is 74.4 cm³/mol. The number of carbonyl (C=O) groups excluding carboxylic acids is 1. The number of likely N-dealkylation sites (tertiary alicyclic amines) is 1. The number of amides is 1. The van der Waals surface area contributed by atoms with Gasteiger partial charge in [0.2, 0.25) is 5.91 Å². The number of hydrogen-bond acceptors (Lipinski definition) is 5. The van der Waals surface area contributed by atoms with Crippen LogP contribution >= 0.6 is 0 Å². The zero-order chi connectivity index (χ0) is 14.5. The molecule has 19 heavy (non-hydrogen) atoms. The Hall–Kier alpha value is -0.473. The molecule has 1 heterocycles. The topological polar surface area (TPSA) is 74.0 Å². The van der Waals surface area contributed by atoms with Gasteiger partial charge < -0.3 is 19.0 Å². The second-order valence-corrected chi connectivity index (χ2v) is 7.97. The molecule has 1 amide bonds. The molecule has 0 spiro atoms. The summed E-state index contributed by atoms with van der Waals surface area (Å²) in [6.07, 6.45) is 2.68. The highest BCUT2D eigenvalue weighted by atomic mass is 28.4. The standard InChI is InChI=1S/C12H26N2O4Si/c1-5-11(19(16-2,17-3)18-4)14-8-6-7-10(9-14)12(13)15/h10-11H,5-9H2,1-4H3,(H2,13,15). The van der Waals surface area contributed by atoms with Crippen molar-refractivity contribution >= 4 is 14.7 Å². The lowest BCUT2D eigenvalue weighted by Crippen LogP contribution is -2.63. The SMILES string of the molecule is CCC(N1CCCC(C(N)=O)C1)[Si](OC)(OC)OC. The van der Waals surface area contributed by atoms with E-state index in [2.05, 4.69) is 11.8 Å². The van der Waals surface area contributed by atoms with Crippen molar-refractivity contribution in [2.24, 2.45) is 11.7 Å². The van der Waals surface area contributed by atoms with Gasteiger partial charge in [-0.05, 0) is 25.8 Å². The van der Waals surface area contributed by atoms with Crippen LogP contribution in [0.3, 0.4) is 0 Å². The Morgan fingerprint density at radius 3 is 2.37 bits per heavy atom. The molecule has 1 rings (SSSR count). The van der Waals surface area contributed by atoms with Gasteiger partial charge >= 0.3 is 8.80 Å². The lowest BCUT2D eigenvalue weighted by Gasteiger charge is -2.42. The smallest absolute Gasteiger partial charge is 0.376 e. The van der Waals surface area contributed by atoms with Crippen molar-refractivity contribution in [1.82, 2.24) is 4.90 Å². The second kappa shape index (κ2) is 7.35. The fourth-order valence-corrected chi connectivity index (χ4v) is 5.41. The average molecular weight is 290 g/mol. The zero-order valence-corrected chi connectivity index (χ0v) is 13.3. The van der Waals surface area contributed by atoms with Gasteiger partial charge in [-0.15, -0.1) is 0 Å². The molecule has 2 atom stereocenters. The van der Waals surface area contributed by atoms with Crippen LogP contribution in [0.15, 0.2) is 0 Å². The minimum Gasteiger partial charge on any atom is -0.376 e. The van der Waals surface area contributed by atoms with Crippen LogP contribution in [0.5, 0.6) is 0 Å². The van der Waals surface area contributed by atoms with Gasteiger partial charge in [-0.1, -0.05) is 6.92 Å².